The van der Waals surface area contributed by atoms with Gasteiger partial charge >= 0.3 is 6.18 Å². The zero-order valence-corrected chi connectivity index (χ0v) is 7.77. The van der Waals surface area contributed by atoms with Crippen LogP contribution in [0.5, 0.6) is 0 Å². The Morgan fingerprint density at radius 3 is 2.08 bits per heavy atom. The monoisotopic (exact) mass is 196 g/mol. The summed E-state index contributed by atoms with van der Waals surface area (Å²) in [5.41, 5.74) is 0. The average Bonchev–Trinajstić information content (AvgIpc) is 2.02. The van der Waals surface area contributed by atoms with Crippen molar-refractivity contribution in [3.63, 3.8) is 0 Å². The van der Waals surface area contributed by atoms with Gasteiger partial charge in [-0.15, -0.1) is 0 Å². The van der Waals surface area contributed by atoms with Crippen LogP contribution in [-0.4, -0.2) is 55.7 Å². The second kappa shape index (κ2) is 4.28. The van der Waals surface area contributed by atoms with E-state index in [1.807, 2.05) is 11.9 Å². The molecule has 1 fully saturated rings. The van der Waals surface area contributed by atoms with Gasteiger partial charge in [0.05, 0.1) is 6.42 Å². The predicted molar refractivity (Wildman–Crippen MR) is 44.6 cm³/mol. The first-order valence-electron chi connectivity index (χ1n) is 4.45. The minimum absolute atomic E-state index is 0.150. The molecule has 1 aliphatic heterocycles. The molecule has 2 nitrogen and oxygen atoms in total. The van der Waals surface area contributed by atoms with Gasteiger partial charge in [-0.05, 0) is 7.05 Å². The Morgan fingerprint density at radius 2 is 1.62 bits per heavy atom. The summed E-state index contributed by atoms with van der Waals surface area (Å²) in [7, 11) is 1.99. The second-order valence-electron chi connectivity index (χ2n) is 3.51. The van der Waals surface area contributed by atoms with Crippen LogP contribution in [0.1, 0.15) is 6.42 Å². The maximum atomic E-state index is 11.9. The fourth-order valence-corrected chi connectivity index (χ4v) is 1.36. The van der Waals surface area contributed by atoms with Crippen LogP contribution in [0, 0.1) is 0 Å². The predicted octanol–water partition coefficient (Wildman–Crippen LogP) is 1.19. The highest BCUT2D eigenvalue weighted by Gasteiger charge is 2.28. The first kappa shape index (κ1) is 10.8. The van der Waals surface area contributed by atoms with Gasteiger partial charge in [0.1, 0.15) is 0 Å². The van der Waals surface area contributed by atoms with Crippen molar-refractivity contribution in [3.05, 3.63) is 0 Å². The van der Waals surface area contributed by atoms with Crippen LogP contribution < -0.4 is 0 Å². The summed E-state index contributed by atoms with van der Waals surface area (Å²) >= 11 is 0. The lowest BCUT2D eigenvalue weighted by Crippen LogP contribution is -2.45. The van der Waals surface area contributed by atoms with Crippen molar-refractivity contribution in [2.24, 2.45) is 0 Å². The van der Waals surface area contributed by atoms with Gasteiger partial charge in [0.2, 0.25) is 0 Å². The summed E-state index contributed by atoms with van der Waals surface area (Å²) in [6.45, 7) is 3.41. The summed E-state index contributed by atoms with van der Waals surface area (Å²) in [6, 6.07) is 0. The number of alkyl halides is 3. The van der Waals surface area contributed by atoms with Crippen molar-refractivity contribution in [2.75, 3.05) is 39.8 Å². The second-order valence-corrected chi connectivity index (χ2v) is 3.51. The zero-order chi connectivity index (χ0) is 9.90. The van der Waals surface area contributed by atoms with Crippen molar-refractivity contribution < 1.29 is 13.2 Å². The Bertz CT molecular complexity index is 150. The minimum atomic E-state index is -4.01. The molecule has 0 saturated carbocycles. The number of halogens is 3. The molecule has 78 valence electrons. The quantitative estimate of drug-likeness (QED) is 0.654. The molecule has 0 atom stereocenters. The highest BCUT2D eigenvalue weighted by molar-refractivity contribution is 4.70. The summed E-state index contributed by atoms with van der Waals surface area (Å²) in [6.07, 6.45) is -4.69. The minimum Gasteiger partial charge on any atom is -0.304 e. The Labute approximate surface area is 76.3 Å². The molecule has 0 amide bonds. The normalized spacial score (nSPS) is 22.2. The van der Waals surface area contributed by atoms with E-state index in [2.05, 4.69) is 4.90 Å². The standard InChI is InChI=1S/C8H15F3N2/c1-12-4-6-13(7-5-12)3-2-8(9,10)11/h2-7H2,1H3. The molecule has 1 heterocycles. The average molecular weight is 196 g/mol. The zero-order valence-electron chi connectivity index (χ0n) is 7.77. The topological polar surface area (TPSA) is 6.48 Å². The largest absolute Gasteiger partial charge is 0.390 e. The molecule has 13 heavy (non-hydrogen) atoms. The van der Waals surface area contributed by atoms with Crippen LogP contribution in [-0.2, 0) is 0 Å². The lowest BCUT2D eigenvalue weighted by Gasteiger charge is -2.32. The summed E-state index contributed by atoms with van der Waals surface area (Å²) in [5, 5.41) is 0. The summed E-state index contributed by atoms with van der Waals surface area (Å²) < 4.78 is 35.6. The van der Waals surface area contributed by atoms with Gasteiger partial charge in [-0.1, -0.05) is 0 Å². The highest BCUT2D eigenvalue weighted by Crippen LogP contribution is 2.19. The maximum absolute atomic E-state index is 11.9. The number of hydrogen-bond donors (Lipinski definition) is 0. The van der Waals surface area contributed by atoms with Crippen LogP contribution in [0.4, 0.5) is 13.2 Å². The van der Waals surface area contributed by atoms with Gasteiger partial charge in [-0.3, -0.25) is 0 Å². The van der Waals surface area contributed by atoms with Gasteiger partial charge in [-0.2, -0.15) is 13.2 Å². The number of rotatable bonds is 2. The molecule has 1 aliphatic rings. The molecular formula is C8H15F3N2. The third-order valence-electron chi connectivity index (χ3n) is 2.31. The van der Waals surface area contributed by atoms with Crippen molar-refractivity contribution in [3.8, 4) is 0 Å². The van der Waals surface area contributed by atoms with Gasteiger partial charge in [0.15, 0.2) is 0 Å². The van der Waals surface area contributed by atoms with Gasteiger partial charge in [0, 0.05) is 32.7 Å². The third kappa shape index (κ3) is 4.47. The summed E-state index contributed by atoms with van der Waals surface area (Å²) in [4.78, 5) is 4.00. The smallest absolute Gasteiger partial charge is 0.304 e. The maximum Gasteiger partial charge on any atom is 0.390 e. The van der Waals surface area contributed by atoms with Crippen LogP contribution in [0.3, 0.4) is 0 Å². The first-order chi connectivity index (χ1) is 5.97. The van der Waals surface area contributed by atoms with E-state index in [1.165, 1.54) is 0 Å². The van der Waals surface area contributed by atoms with Gasteiger partial charge < -0.3 is 9.80 Å². The number of nitrogens with zero attached hydrogens (tertiary/aromatic N) is 2. The third-order valence-corrected chi connectivity index (χ3v) is 2.31. The van der Waals surface area contributed by atoms with E-state index < -0.39 is 12.6 Å². The molecule has 1 saturated heterocycles. The Morgan fingerprint density at radius 1 is 1.08 bits per heavy atom. The van der Waals surface area contributed by atoms with E-state index >= 15 is 0 Å². The van der Waals surface area contributed by atoms with Crippen LogP contribution in [0.2, 0.25) is 0 Å². The number of piperazine rings is 1. The molecule has 0 aromatic rings. The molecule has 0 unspecified atom stereocenters. The van der Waals surface area contributed by atoms with E-state index in [4.69, 9.17) is 0 Å². The Hall–Kier alpha value is -0.290. The van der Waals surface area contributed by atoms with Gasteiger partial charge in [-0.25, -0.2) is 0 Å². The van der Waals surface area contributed by atoms with E-state index in [0.717, 1.165) is 26.2 Å². The molecule has 0 aromatic heterocycles. The van der Waals surface area contributed by atoms with E-state index in [0.29, 0.717) is 0 Å². The molecule has 0 bridgehead atoms. The van der Waals surface area contributed by atoms with Crippen molar-refractivity contribution >= 4 is 0 Å². The molecule has 1 rings (SSSR count). The van der Waals surface area contributed by atoms with Crippen molar-refractivity contribution in [1.29, 1.82) is 0 Å². The van der Waals surface area contributed by atoms with Gasteiger partial charge in [0.25, 0.3) is 0 Å². The van der Waals surface area contributed by atoms with Crippen LogP contribution in [0.25, 0.3) is 0 Å². The van der Waals surface area contributed by atoms with Crippen molar-refractivity contribution in [1.82, 2.24) is 9.80 Å². The summed E-state index contributed by atoms with van der Waals surface area (Å²) in [5.74, 6) is 0. The number of likely N-dealkylation sites (N-methyl/N-ethyl adjacent to an activating group) is 1. The van der Waals surface area contributed by atoms with Crippen LogP contribution >= 0.6 is 0 Å². The highest BCUT2D eigenvalue weighted by atomic mass is 19.4. The lowest BCUT2D eigenvalue weighted by atomic mass is 10.3. The van der Waals surface area contributed by atoms with E-state index in [-0.39, 0.29) is 6.54 Å². The Kier molecular flexibility index (Phi) is 3.55. The molecule has 0 spiro atoms. The first-order valence-corrected chi connectivity index (χ1v) is 4.45. The lowest BCUT2D eigenvalue weighted by molar-refractivity contribution is -0.138. The number of hydrogen-bond acceptors (Lipinski definition) is 2. The van der Waals surface area contributed by atoms with Crippen LogP contribution in [0.15, 0.2) is 0 Å². The Balaban J connectivity index is 2.16. The fraction of sp³-hybridized carbons (Fsp3) is 1.00. The molecular weight excluding hydrogens is 181 g/mol. The van der Waals surface area contributed by atoms with E-state index in [1.54, 1.807) is 0 Å². The molecule has 0 N–H and O–H groups in total. The molecule has 0 aromatic carbocycles. The molecule has 5 heteroatoms. The SMILES string of the molecule is CN1CCN(CCC(F)(F)F)CC1. The van der Waals surface area contributed by atoms with Crippen molar-refractivity contribution in [2.45, 2.75) is 12.6 Å². The fourth-order valence-electron chi connectivity index (χ4n) is 1.36. The molecule has 0 aliphatic carbocycles. The molecule has 0 radical (unpaired) electrons. The van der Waals surface area contributed by atoms with E-state index in [9.17, 15) is 13.2 Å².